The normalized spacial score (nSPS) is 12.2. The van der Waals surface area contributed by atoms with E-state index in [9.17, 15) is 14.7 Å². The topological polar surface area (TPSA) is 94.8 Å². The van der Waals surface area contributed by atoms with Crippen LogP contribution in [0.2, 0.25) is 0 Å². The molecule has 0 bridgehead atoms. The average molecular weight is 350 g/mol. The first-order chi connectivity index (χ1) is 11.5. The van der Waals surface area contributed by atoms with Crippen LogP contribution in [-0.4, -0.2) is 27.3 Å². The molecule has 0 fully saturated rings. The Bertz CT molecular complexity index is 566. The zero-order valence-corrected chi connectivity index (χ0v) is 15.6. The summed E-state index contributed by atoms with van der Waals surface area (Å²) in [5.74, 6) is -1.38. The fourth-order valence-electron chi connectivity index (χ4n) is 3.27. The Balaban J connectivity index is 3.00. The molecule has 1 rings (SSSR count). The van der Waals surface area contributed by atoms with Crippen molar-refractivity contribution in [1.29, 1.82) is 0 Å². The summed E-state index contributed by atoms with van der Waals surface area (Å²) in [6.07, 6.45) is 2.66. The molecule has 0 aliphatic rings. The molecular formula is C20H30O5. The van der Waals surface area contributed by atoms with Gasteiger partial charge < -0.3 is 15.3 Å². The zero-order valence-electron chi connectivity index (χ0n) is 15.6. The standard InChI is InChI=1S/C20H30O5/c1-19(2,12-6-10-16(21)22)14-8-5-9-15(18(14)25)20(3,4)13-7-11-17(23)24/h5,8-9,25H,6-7,10-13H2,1-4H3,(H,21,22)(H,23,24). The molecule has 5 heteroatoms. The summed E-state index contributed by atoms with van der Waals surface area (Å²) in [5.41, 5.74) is 0.933. The highest BCUT2D eigenvalue weighted by atomic mass is 16.4. The number of phenolic OH excluding ortho intramolecular Hbond substituents is 1. The van der Waals surface area contributed by atoms with Gasteiger partial charge in [0.2, 0.25) is 0 Å². The molecule has 140 valence electrons. The Morgan fingerprint density at radius 1 is 0.840 bits per heavy atom. The first kappa shape index (κ1) is 21.0. The van der Waals surface area contributed by atoms with Gasteiger partial charge in [-0.15, -0.1) is 0 Å². The smallest absolute Gasteiger partial charge is 0.303 e. The summed E-state index contributed by atoms with van der Waals surface area (Å²) >= 11 is 0. The van der Waals surface area contributed by atoms with Crippen LogP contribution in [0.25, 0.3) is 0 Å². The highest BCUT2D eigenvalue weighted by molar-refractivity contribution is 5.67. The summed E-state index contributed by atoms with van der Waals surface area (Å²) in [6.45, 7) is 8.02. The number of hydrogen-bond donors (Lipinski definition) is 3. The molecule has 5 nitrogen and oxygen atoms in total. The largest absolute Gasteiger partial charge is 0.507 e. The van der Waals surface area contributed by atoms with Gasteiger partial charge in [-0.2, -0.15) is 0 Å². The molecule has 0 radical (unpaired) electrons. The molecule has 0 aliphatic heterocycles. The molecule has 0 spiro atoms. The van der Waals surface area contributed by atoms with Crippen molar-refractivity contribution in [3.8, 4) is 5.75 Å². The number of benzene rings is 1. The Hall–Kier alpha value is -2.04. The van der Waals surface area contributed by atoms with Crippen molar-refractivity contribution in [2.45, 2.75) is 77.0 Å². The van der Waals surface area contributed by atoms with Crippen LogP contribution >= 0.6 is 0 Å². The molecule has 0 atom stereocenters. The van der Waals surface area contributed by atoms with E-state index in [0.717, 1.165) is 11.1 Å². The number of aromatic hydroxyl groups is 1. The maximum Gasteiger partial charge on any atom is 0.303 e. The van der Waals surface area contributed by atoms with Gasteiger partial charge in [0.05, 0.1) is 0 Å². The molecule has 0 heterocycles. The lowest BCUT2D eigenvalue weighted by Gasteiger charge is -2.31. The van der Waals surface area contributed by atoms with Crippen molar-refractivity contribution in [2.75, 3.05) is 0 Å². The fraction of sp³-hybridized carbons (Fsp3) is 0.600. The molecule has 1 aromatic rings. The van der Waals surface area contributed by atoms with Crippen LogP contribution in [0.3, 0.4) is 0 Å². The van der Waals surface area contributed by atoms with Crippen LogP contribution in [0.4, 0.5) is 0 Å². The molecule has 0 saturated carbocycles. The second-order valence-electron chi connectivity index (χ2n) is 7.96. The van der Waals surface area contributed by atoms with E-state index in [-0.39, 0.29) is 29.4 Å². The van der Waals surface area contributed by atoms with E-state index in [1.807, 2.05) is 45.9 Å². The number of para-hydroxylation sites is 1. The maximum absolute atomic E-state index is 10.8. The Labute approximate surface area is 149 Å². The van der Waals surface area contributed by atoms with Gasteiger partial charge in [-0.3, -0.25) is 9.59 Å². The number of carboxylic acids is 2. The van der Waals surface area contributed by atoms with E-state index in [1.54, 1.807) is 0 Å². The third-order valence-corrected chi connectivity index (χ3v) is 4.88. The lowest BCUT2D eigenvalue weighted by molar-refractivity contribution is -0.138. The van der Waals surface area contributed by atoms with Crippen molar-refractivity contribution in [1.82, 2.24) is 0 Å². The summed E-state index contributed by atoms with van der Waals surface area (Å²) in [7, 11) is 0. The number of rotatable bonds is 10. The van der Waals surface area contributed by atoms with Crippen molar-refractivity contribution < 1.29 is 24.9 Å². The number of phenols is 1. The molecule has 0 unspecified atom stereocenters. The van der Waals surface area contributed by atoms with Gasteiger partial charge in [-0.25, -0.2) is 0 Å². The van der Waals surface area contributed by atoms with Crippen LogP contribution in [0.5, 0.6) is 5.75 Å². The van der Waals surface area contributed by atoms with Gasteiger partial charge in [-0.05, 0) is 47.6 Å². The zero-order chi connectivity index (χ0) is 19.3. The van der Waals surface area contributed by atoms with E-state index in [4.69, 9.17) is 10.2 Å². The Kier molecular flexibility index (Phi) is 7.03. The van der Waals surface area contributed by atoms with Gasteiger partial charge in [-0.1, -0.05) is 45.9 Å². The molecule has 0 aromatic heterocycles. The second kappa shape index (κ2) is 8.37. The van der Waals surface area contributed by atoms with E-state index in [0.29, 0.717) is 25.7 Å². The number of aliphatic carboxylic acids is 2. The number of carboxylic acid groups (broad SMARTS) is 2. The van der Waals surface area contributed by atoms with Crippen molar-refractivity contribution in [2.24, 2.45) is 0 Å². The average Bonchev–Trinajstić information content (AvgIpc) is 2.45. The van der Waals surface area contributed by atoms with E-state index in [2.05, 4.69) is 0 Å². The number of hydrogen-bond acceptors (Lipinski definition) is 3. The van der Waals surface area contributed by atoms with Gasteiger partial charge in [0.25, 0.3) is 0 Å². The van der Waals surface area contributed by atoms with Crippen LogP contribution in [0, 0.1) is 0 Å². The van der Waals surface area contributed by atoms with Crippen molar-refractivity contribution in [3.05, 3.63) is 29.3 Å². The van der Waals surface area contributed by atoms with E-state index >= 15 is 0 Å². The summed E-state index contributed by atoms with van der Waals surface area (Å²) < 4.78 is 0. The minimum atomic E-state index is -0.812. The highest BCUT2D eigenvalue weighted by Gasteiger charge is 2.30. The van der Waals surface area contributed by atoms with Gasteiger partial charge in [0.15, 0.2) is 0 Å². The fourth-order valence-corrected chi connectivity index (χ4v) is 3.27. The maximum atomic E-state index is 10.8. The van der Waals surface area contributed by atoms with Gasteiger partial charge in [0, 0.05) is 12.8 Å². The van der Waals surface area contributed by atoms with Crippen LogP contribution < -0.4 is 0 Å². The highest BCUT2D eigenvalue weighted by Crippen LogP contribution is 2.42. The summed E-state index contributed by atoms with van der Waals surface area (Å²) in [5, 5.41) is 28.5. The van der Waals surface area contributed by atoms with Gasteiger partial charge in [0.1, 0.15) is 5.75 Å². The van der Waals surface area contributed by atoms with Crippen molar-refractivity contribution in [3.63, 3.8) is 0 Å². The minimum Gasteiger partial charge on any atom is -0.507 e. The predicted molar refractivity (Wildman–Crippen MR) is 97.1 cm³/mol. The van der Waals surface area contributed by atoms with Crippen LogP contribution in [0.1, 0.15) is 77.3 Å². The third-order valence-electron chi connectivity index (χ3n) is 4.88. The molecule has 0 saturated heterocycles. The second-order valence-corrected chi connectivity index (χ2v) is 7.96. The number of carbonyl (C=O) groups is 2. The quantitative estimate of drug-likeness (QED) is 0.579. The Morgan fingerprint density at radius 2 is 1.20 bits per heavy atom. The van der Waals surface area contributed by atoms with Crippen LogP contribution in [0.15, 0.2) is 18.2 Å². The first-order valence-electron chi connectivity index (χ1n) is 8.74. The molecule has 3 N–H and O–H groups in total. The first-order valence-corrected chi connectivity index (χ1v) is 8.74. The monoisotopic (exact) mass is 350 g/mol. The third kappa shape index (κ3) is 6.07. The molecular weight excluding hydrogens is 320 g/mol. The summed E-state index contributed by atoms with van der Waals surface area (Å²) in [6, 6.07) is 5.67. The lowest BCUT2D eigenvalue weighted by Crippen LogP contribution is -2.22. The Morgan fingerprint density at radius 3 is 1.52 bits per heavy atom. The molecule has 1 aromatic carbocycles. The molecule has 25 heavy (non-hydrogen) atoms. The molecule has 0 amide bonds. The SMILES string of the molecule is CC(C)(CCCC(=O)O)c1cccc(C(C)(C)CCCC(=O)O)c1O. The van der Waals surface area contributed by atoms with Crippen LogP contribution in [-0.2, 0) is 20.4 Å². The summed E-state index contributed by atoms with van der Waals surface area (Å²) in [4.78, 5) is 21.5. The predicted octanol–water partition coefficient (Wildman–Crippen LogP) is 4.46. The van der Waals surface area contributed by atoms with E-state index < -0.39 is 11.9 Å². The minimum absolute atomic E-state index is 0.116. The molecule has 0 aliphatic carbocycles. The van der Waals surface area contributed by atoms with E-state index in [1.165, 1.54) is 0 Å². The van der Waals surface area contributed by atoms with Crippen molar-refractivity contribution >= 4 is 11.9 Å². The lowest BCUT2D eigenvalue weighted by atomic mass is 9.74. The van der Waals surface area contributed by atoms with Gasteiger partial charge >= 0.3 is 11.9 Å².